The van der Waals surface area contributed by atoms with Crippen molar-refractivity contribution in [3.8, 4) is 0 Å². The second kappa shape index (κ2) is 7.95. The Morgan fingerprint density at radius 3 is 2.77 bits per heavy atom. The Hall–Kier alpha value is -4.13. The summed E-state index contributed by atoms with van der Waals surface area (Å²) < 4.78 is 1.24. The van der Waals surface area contributed by atoms with E-state index in [2.05, 4.69) is 38.5 Å². The molecule has 0 aliphatic rings. The number of rotatable bonds is 6. The fraction of sp³-hybridized carbons (Fsp3) is 0.125. The Morgan fingerprint density at radius 1 is 1.03 bits per heavy atom. The molecule has 5 rings (SSSR count). The zero-order valence-electron chi connectivity index (χ0n) is 17.0. The number of aryl methyl sites for hydroxylation is 1. The van der Waals surface area contributed by atoms with Gasteiger partial charge in [-0.15, -0.1) is 4.73 Å². The molecular formula is C24H21N5O2. The second-order valence-corrected chi connectivity index (χ2v) is 7.36. The summed E-state index contributed by atoms with van der Waals surface area (Å²) in [5.41, 5.74) is 4.75. The molecule has 31 heavy (non-hydrogen) atoms. The maximum Gasteiger partial charge on any atom is 0.287 e. The van der Waals surface area contributed by atoms with Crippen LogP contribution in [-0.2, 0) is 13.2 Å². The van der Waals surface area contributed by atoms with E-state index in [0.717, 1.165) is 33.1 Å². The zero-order chi connectivity index (χ0) is 21.2. The number of anilines is 1. The van der Waals surface area contributed by atoms with Gasteiger partial charge in [0.2, 0.25) is 0 Å². The molecule has 3 heterocycles. The van der Waals surface area contributed by atoms with Gasteiger partial charge < -0.3 is 15.1 Å². The summed E-state index contributed by atoms with van der Waals surface area (Å²) >= 11 is 0. The first-order chi connectivity index (χ1) is 15.2. The van der Waals surface area contributed by atoms with Crippen LogP contribution < -0.4 is 15.7 Å². The van der Waals surface area contributed by atoms with Crippen LogP contribution in [-0.4, -0.2) is 19.7 Å². The highest BCUT2D eigenvalue weighted by Crippen LogP contribution is 2.23. The van der Waals surface area contributed by atoms with Crippen molar-refractivity contribution in [2.24, 2.45) is 0 Å². The minimum atomic E-state index is -0.288. The summed E-state index contributed by atoms with van der Waals surface area (Å²) in [6.07, 6.45) is 3.37. The number of aromatic nitrogens is 4. The molecule has 0 aliphatic heterocycles. The number of aromatic amines is 1. The normalized spacial score (nSPS) is 11.1. The van der Waals surface area contributed by atoms with Crippen LogP contribution in [0.2, 0.25) is 0 Å². The summed E-state index contributed by atoms with van der Waals surface area (Å²) in [6.45, 7) is 2.72. The van der Waals surface area contributed by atoms with E-state index in [-0.39, 0.29) is 12.2 Å². The van der Waals surface area contributed by atoms with E-state index in [9.17, 15) is 4.79 Å². The van der Waals surface area contributed by atoms with Crippen molar-refractivity contribution >= 4 is 27.6 Å². The summed E-state index contributed by atoms with van der Waals surface area (Å²) in [5, 5.41) is 5.30. The lowest BCUT2D eigenvalue weighted by Gasteiger charge is -2.15. The lowest BCUT2D eigenvalue weighted by molar-refractivity contribution is 0.0979. The van der Waals surface area contributed by atoms with E-state index < -0.39 is 0 Å². The highest BCUT2D eigenvalue weighted by Gasteiger charge is 2.14. The molecule has 0 atom stereocenters. The molecule has 0 radical (unpaired) electrons. The number of nitrogens with one attached hydrogen (secondary N) is 2. The van der Waals surface area contributed by atoms with Crippen LogP contribution in [0.15, 0.2) is 78.0 Å². The maximum atomic E-state index is 12.9. The molecule has 0 saturated carbocycles. The zero-order valence-corrected chi connectivity index (χ0v) is 17.0. The number of fused-ring (bicyclic) bond motifs is 2. The number of H-pyrrole nitrogens is 1. The third kappa shape index (κ3) is 3.73. The molecule has 2 N–H and O–H groups in total. The van der Waals surface area contributed by atoms with Crippen molar-refractivity contribution in [3.05, 3.63) is 100 Å². The molecule has 7 heteroatoms. The highest BCUT2D eigenvalue weighted by molar-refractivity contribution is 5.90. The topological polar surface area (TPSA) is 84.8 Å². The van der Waals surface area contributed by atoms with Crippen molar-refractivity contribution in [3.63, 3.8) is 0 Å². The predicted molar refractivity (Wildman–Crippen MR) is 121 cm³/mol. The molecule has 0 unspecified atom stereocenters. The van der Waals surface area contributed by atoms with Gasteiger partial charge in [0.05, 0.1) is 16.8 Å². The number of benzene rings is 2. The average molecular weight is 411 g/mol. The van der Waals surface area contributed by atoms with Gasteiger partial charge in [-0.2, -0.15) is 0 Å². The van der Waals surface area contributed by atoms with Crippen LogP contribution in [0, 0.1) is 6.92 Å². The molecular weight excluding hydrogens is 390 g/mol. The smallest absolute Gasteiger partial charge is 0.287 e. The fourth-order valence-corrected chi connectivity index (χ4v) is 3.67. The van der Waals surface area contributed by atoms with Crippen molar-refractivity contribution in [2.45, 2.75) is 20.1 Å². The highest BCUT2D eigenvalue weighted by atomic mass is 16.7. The third-order valence-electron chi connectivity index (χ3n) is 5.25. The average Bonchev–Trinajstić information content (AvgIpc) is 3.26. The quantitative estimate of drug-likeness (QED) is 0.444. The molecule has 0 fully saturated rings. The Morgan fingerprint density at radius 2 is 1.90 bits per heavy atom. The van der Waals surface area contributed by atoms with Crippen LogP contribution in [0.1, 0.15) is 16.8 Å². The molecule has 5 aromatic rings. The monoisotopic (exact) mass is 411 g/mol. The van der Waals surface area contributed by atoms with Crippen molar-refractivity contribution in [2.75, 3.05) is 5.32 Å². The van der Waals surface area contributed by atoms with Crippen LogP contribution in [0.5, 0.6) is 0 Å². The van der Waals surface area contributed by atoms with Crippen LogP contribution >= 0.6 is 0 Å². The summed E-state index contributed by atoms with van der Waals surface area (Å²) in [7, 11) is 0. The van der Waals surface area contributed by atoms with Gasteiger partial charge >= 0.3 is 0 Å². The Bertz CT molecular complexity index is 1420. The Kier molecular flexibility index (Phi) is 4.84. The van der Waals surface area contributed by atoms with Gasteiger partial charge in [0.15, 0.2) is 5.65 Å². The molecule has 0 bridgehead atoms. The summed E-state index contributed by atoms with van der Waals surface area (Å²) in [4.78, 5) is 30.6. The van der Waals surface area contributed by atoms with Gasteiger partial charge in [-0.05, 0) is 35.6 Å². The SMILES string of the molecule is Cc1ncnc2c1c(NCc1ccc3cc[nH]c3c1)cc(=O)n2OCc1ccccc1. The minimum absolute atomic E-state index is 0.266. The van der Waals surface area contributed by atoms with Crippen molar-refractivity contribution in [1.29, 1.82) is 0 Å². The van der Waals surface area contributed by atoms with Crippen LogP contribution in [0.4, 0.5) is 5.69 Å². The molecule has 2 aromatic carbocycles. The Balaban J connectivity index is 1.47. The fourth-order valence-electron chi connectivity index (χ4n) is 3.67. The summed E-state index contributed by atoms with van der Waals surface area (Å²) in [5.74, 6) is 0. The van der Waals surface area contributed by atoms with Gasteiger partial charge in [0.25, 0.3) is 5.56 Å². The lowest BCUT2D eigenvalue weighted by Crippen LogP contribution is -2.28. The number of nitrogens with zero attached hydrogens (tertiary/aromatic N) is 3. The lowest BCUT2D eigenvalue weighted by atomic mass is 10.1. The van der Waals surface area contributed by atoms with Gasteiger partial charge in [-0.1, -0.05) is 42.5 Å². The van der Waals surface area contributed by atoms with Gasteiger partial charge in [-0.3, -0.25) is 4.79 Å². The number of hydrogen-bond donors (Lipinski definition) is 2. The molecule has 0 aliphatic carbocycles. The minimum Gasteiger partial charge on any atom is -0.404 e. The molecule has 0 saturated heterocycles. The van der Waals surface area contributed by atoms with Crippen molar-refractivity contribution in [1.82, 2.24) is 19.7 Å². The van der Waals surface area contributed by atoms with Gasteiger partial charge in [0.1, 0.15) is 12.9 Å². The predicted octanol–water partition coefficient (Wildman–Crippen LogP) is 3.82. The van der Waals surface area contributed by atoms with E-state index in [0.29, 0.717) is 17.9 Å². The standard InChI is InChI=1S/C24H21N5O2/c1-16-23-21(26-13-18-7-8-19-9-10-25-20(19)11-18)12-22(30)29(24(23)28-15-27-16)31-14-17-5-3-2-4-6-17/h2-12,15,25-26H,13-14H2,1H3. The van der Waals surface area contributed by atoms with E-state index >= 15 is 0 Å². The van der Waals surface area contributed by atoms with E-state index in [1.165, 1.54) is 17.1 Å². The van der Waals surface area contributed by atoms with Crippen LogP contribution in [0.3, 0.4) is 0 Å². The van der Waals surface area contributed by atoms with E-state index in [1.54, 1.807) is 0 Å². The maximum absolute atomic E-state index is 12.9. The first kappa shape index (κ1) is 18.9. The summed E-state index contributed by atoms with van der Waals surface area (Å²) in [6, 6.07) is 19.5. The first-order valence-corrected chi connectivity index (χ1v) is 10.0. The molecule has 7 nitrogen and oxygen atoms in total. The van der Waals surface area contributed by atoms with Gasteiger partial charge in [0, 0.05) is 24.3 Å². The first-order valence-electron chi connectivity index (χ1n) is 10.0. The van der Waals surface area contributed by atoms with E-state index in [1.807, 2.05) is 49.5 Å². The van der Waals surface area contributed by atoms with E-state index in [4.69, 9.17) is 4.84 Å². The molecule has 0 spiro atoms. The van der Waals surface area contributed by atoms with Gasteiger partial charge in [-0.25, -0.2) is 9.97 Å². The number of hydrogen-bond acceptors (Lipinski definition) is 5. The van der Waals surface area contributed by atoms with Crippen molar-refractivity contribution < 1.29 is 4.84 Å². The largest absolute Gasteiger partial charge is 0.404 e. The number of pyridine rings is 1. The third-order valence-corrected chi connectivity index (χ3v) is 5.25. The molecule has 0 amide bonds. The Labute approximate surface area is 178 Å². The molecule has 3 aromatic heterocycles. The second-order valence-electron chi connectivity index (χ2n) is 7.36. The molecule has 154 valence electrons. The van der Waals surface area contributed by atoms with Crippen LogP contribution in [0.25, 0.3) is 21.9 Å².